The van der Waals surface area contributed by atoms with Gasteiger partial charge in [-0.3, -0.25) is 4.79 Å². The molecule has 4 N–H and O–H groups in total. The summed E-state index contributed by atoms with van der Waals surface area (Å²) in [4.78, 5) is 21.9. The van der Waals surface area contributed by atoms with Crippen molar-refractivity contribution >= 4 is 29.3 Å². The van der Waals surface area contributed by atoms with Crippen LogP contribution in [-0.4, -0.2) is 52.4 Å². The first-order valence-corrected chi connectivity index (χ1v) is 14.7. The van der Waals surface area contributed by atoms with E-state index in [9.17, 15) is 23.1 Å². The van der Waals surface area contributed by atoms with Gasteiger partial charge in [0.05, 0.1) is 0 Å². The molecule has 3 heterocycles. The number of alkyl halides is 3. The molecule has 2 aliphatic heterocycles. The Morgan fingerprint density at radius 1 is 1.16 bits per heavy atom. The van der Waals surface area contributed by atoms with E-state index in [-0.39, 0.29) is 28.8 Å². The van der Waals surface area contributed by atoms with Crippen molar-refractivity contribution in [3.63, 3.8) is 0 Å². The Bertz CT molecular complexity index is 1510. The van der Waals surface area contributed by atoms with Crippen molar-refractivity contribution in [2.24, 2.45) is 5.41 Å². The van der Waals surface area contributed by atoms with E-state index >= 15 is 0 Å². The molecule has 1 aromatic heterocycles. The van der Waals surface area contributed by atoms with Crippen LogP contribution >= 0.6 is 11.6 Å². The number of nitrogens with two attached hydrogens (primary N) is 1. The van der Waals surface area contributed by atoms with E-state index in [1.165, 1.54) is 24.3 Å². The maximum atomic E-state index is 14.6. The van der Waals surface area contributed by atoms with Crippen molar-refractivity contribution in [1.82, 2.24) is 15.3 Å². The fraction of sp³-hybridized carbons (Fsp3) is 0.452. The number of nitrogens with one attached hydrogen (secondary N) is 1. The topological polar surface area (TPSA) is 114 Å². The van der Waals surface area contributed by atoms with Gasteiger partial charge >= 0.3 is 12.1 Å². The van der Waals surface area contributed by atoms with Crippen molar-refractivity contribution < 1.29 is 27.8 Å². The molecule has 43 heavy (non-hydrogen) atoms. The molecule has 0 bridgehead atoms. The molecule has 12 heteroatoms. The number of anilines is 2. The highest BCUT2D eigenvalue weighted by Gasteiger charge is 2.50. The third kappa shape index (κ3) is 6.38. The average molecular weight is 618 g/mol. The molecule has 0 aliphatic carbocycles. The Morgan fingerprint density at radius 3 is 2.51 bits per heavy atom. The highest BCUT2D eigenvalue weighted by atomic mass is 35.5. The summed E-state index contributed by atoms with van der Waals surface area (Å²) in [6.45, 7) is 6.94. The minimum absolute atomic E-state index is 0.0727. The fourth-order valence-electron chi connectivity index (χ4n) is 6.47. The molecule has 3 atom stereocenters. The van der Waals surface area contributed by atoms with Crippen LogP contribution < -0.4 is 20.7 Å². The molecule has 3 aromatic rings. The van der Waals surface area contributed by atoms with Crippen LogP contribution in [0.4, 0.5) is 24.9 Å². The second-order valence-electron chi connectivity index (χ2n) is 11.6. The van der Waals surface area contributed by atoms with Crippen LogP contribution in [0.25, 0.3) is 11.1 Å². The highest BCUT2D eigenvalue weighted by molar-refractivity contribution is 6.30. The lowest BCUT2D eigenvalue weighted by Gasteiger charge is -2.43. The lowest BCUT2D eigenvalue weighted by molar-refractivity contribution is -0.198. The second-order valence-corrected chi connectivity index (χ2v) is 12.0. The van der Waals surface area contributed by atoms with Crippen LogP contribution in [0.5, 0.6) is 5.88 Å². The minimum Gasteiger partial charge on any atom is -0.480 e. The van der Waals surface area contributed by atoms with Gasteiger partial charge in [-0.15, -0.1) is 0 Å². The zero-order chi connectivity index (χ0) is 31.1. The van der Waals surface area contributed by atoms with Crippen LogP contribution in [0, 0.1) is 19.3 Å². The summed E-state index contributed by atoms with van der Waals surface area (Å²) in [6, 6.07) is 10.5. The first-order chi connectivity index (χ1) is 20.3. The number of carboxylic acids is 1. The van der Waals surface area contributed by atoms with Crippen LogP contribution in [0.3, 0.4) is 0 Å². The SMILES string of the molecule is CCC1NC(C(=O)O)CC12CCN(c1cc(O[C@H](c3ccc(Cl)cc3-c3ccc(C)c(C)c3)C(F)(F)F)nc(N)n1)CC2. The third-order valence-corrected chi connectivity index (χ3v) is 9.13. The monoisotopic (exact) mass is 617 g/mol. The molecule has 2 aromatic carbocycles. The van der Waals surface area contributed by atoms with E-state index in [0.29, 0.717) is 54.3 Å². The largest absolute Gasteiger partial charge is 0.480 e. The Balaban J connectivity index is 1.42. The van der Waals surface area contributed by atoms with Gasteiger partial charge < -0.3 is 25.8 Å². The predicted molar refractivity (Wildman–Crippen MR) is 159 cm³/mol. The molecule has 1 spiro atoms. The second kappa shape index (κ2) is 11.8. The number of halogens is 4. The number of nitrogen functional groups attached to an aromatic ring is 1. The Kier molecular flexibility index (Phi) is 8.50. The number of carbonyl (C=O) groups is 1. The quantitative estimate of drug-likeness (QED) is 0.276. The first-order valence-electron chi connectivity index (χ1n) is 14.3. The van der Waals surface area contributed by atoms with Gasteiger partial charge in [-0.25, -0.2) is 0 Å². The molecule has 0 radical (unpaired) electrons. The average Bonchev–Trinajstić information content (AvgIpc) is 3.31. The summed E-state index contributed by atoms with van der Waals surface area (Å²) < 4.78 is 49.5. The van der Waals surface area contributed by atoms with Gasteiger partial charge in [0.15, 0.2) is 0 Å². The molecular formula is C31H35ClF3N5O3. The first kappa shape index (κ1) is 30.9. The third-order valence-electron chi connectivity index (χ3n) is 8.90. The number of hydrogen-bond acceptors (Lipinski definition) is 7. The van der Waals surface area contributed by atoms with E-state index in [1.807, 2.05) is 37.8 Å². The molecule has 2 aliphatic rings. The van der Waals surface area contributed by atoms with Crippen LogP contribution in [0.1, 0.15) is 55.4 Å². The van der Waals surface area contributed by atoms with E-state index < -0.39 is 24.3 Å². The van der Waals surface area contributed by atoms with Crippen molar-refractivity contribution in [2.45, 2.75) is 70.8 Å². The smallest absolute Gasteiger partial charge is 0.429 e. The molecule has 5 rings (SSSR count). The van der Waals surface area contributed by atoms with Crippen molar-refractivity contribution in [3.8, 4) is 17.0 Å². The summed E-state index contributed by atoms with van der Waals surface area (Å²) in [7, 11) is 0. The number of benzene rings is 2. The van der Waals surface area contributed by atoms with Crippen molar-refractivity contribution in [2.75, 3.05) is 23.7 Å². The van der Waals surface area contributed by atoms with Crippen molar-refractivity contribution in [3.05, 3.63) is 64.2 Å². The Hall–Kier alpha value is -3.57. The summed E-state index contributed by atoms with van der Waals surface area (Å²) in [6.07, 6.45) is -4.39. The van der Waals surface area contributed by atoms with Crippen LogP contribution in [0.2, 0.25) is 5.02 Å². The molecule has 8 nitrogen and oxygen atoms in total. The molecule has 2 unspecified atom stereocenters. The van der Waals surface area contributed by atoms with E-state index in [4.69, 9.17) is 22.1 Å². The fourth-order valence-corrected chi connectivity index (χ4v) is 6.64. The zero-order valence-electron chi connectivity index (χ0n) is 24.2. The van der Waals surface area contributed by atoms with Gasteiger partial charge in [-0.05, 0) is 79.3 Å². The number of ether oxygens (including phenoxy) is 1. The van der Waals surface area contributed by atoms with Gasteiger partial charge in [0.1, 0.15) is 11.9 Å². The van der Waals surface area contributed by atoms with Gasteiger partial charge in [0.2, 0.25) is 17.9 Å². The highest BCUT2D eigenvalue weighted by Crippen LogP contribution is 2.46. The molecule has 2 fully saturated rings. The lowest BCUT2D eigenvalue weighted by atomic mass is 9.71. The number of carboxylic acid groups (broad SMARTS) is 1. The van der Waals surface area contributed by atoms with Gasteiger partial charge in [0.25, 0.3) is 0 Å². The molecule has 0 saturated carbocycles. The summed E-state index contributed by atoms with van der Waals surface area (Å²) in [5, 5.41) is 13.1. The van der Waals surface area contributed by atoms with E-state index in [2.05, 4.69) is 15.3 Å². The summed E-state index contributed by atoms with van der Waals surface area (Å²) in [5.41, 5.74) is 8.52. The molecule has 2 saturated heterocycles. The number of aromatic nitrogens is 2. The number of aliphatic carboxylic acids is 1. The van der Waals surface area contributed by atoms with Gasteiger partial charge in [0, 0.05) is 35.8 Å². The number of rotatable bonds is 7. The summed E-state index contributed by atoms with van der Waals surface area (Å²) in [5.74, 6) is -1.01. The van der Waals surface area contributed by atoms with Gasteiger partial charge in [-0.1, -0.05) is 42.8 Å². The van der Waals surface area contributed by atoms with E-state index in [1.54, 1.807) is 6.07 Å². The lowest BCUT2D eigenvalue weighted by Crippen LogP contribution is -2.46. The molecule has 0 amide bonds. The van der Waals surface area contributed by atoms with Crippen LogP contribution in [-0.2, 0) is 4.79 Å². The minimum atomic E-state index is -4.79. The van der Waals surface area contributed by atoms with E-state index in [0.717, 1.165) is 17.5 Å². The predicted octanol–water partition coefficient (Wildman–Crippen LogP) is 6.49. The normalized spacial score (nSPS) is 20.8. The Morgan fingerprint density at radius 2 is 1.88 bits per heavy atom. The molecule has 230 valence electrons. The number of aryl methyl sites for hydroxylation is 2. The van der Waals surface area contributed by atoms with Crippen molar-refractivity contribution in [1.29, 1.82) is 0 Å². The molecular weight excluding hydrogens is 583 g/mol. The Labute approximate surface area is 253 Å². The maximum Gasteiger partial charge on any atom is 0.429 e. The standard InChI is InChI=1S/C31H35ClF3N5O3/c1-4-24-30(16-23(37-24)28(41)42)9-11-40(12-10-30)25-15-26(39-29(36)38-25)43-27(31(33,34)35)21-8-7-20(32)14-22(21)19-6-5-17(2)18(3)13-19/h5-8,13-15,23-24,27,37H,4,9-12,16H2,1-3H3,(H,41,42)(H2,36,38,39)/t23?,24?,27-/m1/s1. The maximum absolute atomic E-state index is 14.6. The number of piperidine rings is 1. The van der Waals surface area contributed by atoms with Crippen LogP contribution in [0.15, 0.2) is 42.5 Å². The van der Waals surface area contributed by atoms with Gasteiger partial charge in [-0.2, -0.15) is 23.1 Å². The number of hydrogen-bond donors (Lipinski definition) is 3. The summed E-state index contributed by atoms with van der Waals surface area (Å²) >= 11 is 6.23. The zero-order valence-corrected chi connectivity index (χ0v) is 25.0. The number of nitrogens with zero attached hydrogens (tertiary/aromatic N) is 3.